The van der Waals surface area contributed by atoms with Crippen molar-refractivity contribution in [3.63, 3.8) is 0 Å². The highest BCUT2D eigenvalue weighted by molar-refractivity contribution is 5.64. The van der Waals surface area contributed by atoms with E-state index in [2.05, 4.69) is 47.6 Å². The standard InChI is InChI=1S/C29H50O.C7H15NO3/c1-7-21(19(2)3)9-8-20(4)25-12-13-26-24-11-10-22-18-23(30)14-16-28(22,5)27(24)15-17-29(25,26)6;1-8(2,3)5-6(9)4-7(10)11/h10,19-21,23-27,30H,7-9,11-18H2,1-6H3;6,9H,4-5H2,1-3H3/t20-,21-,23+,24+,25-,26+,27+,28+,29-;6-/m11/s1. The van der Waals surface area contributed by atoms with Gasteiger partial charge in [0, 0.05) is 12.4 Å². The predicted octanol–water partition coefficient (Wildman–Crippen LogP) is 6.22. The third-order valence-corrected chi connectivity index (χ3v) is 12.5. The molecule has 0 saturated heterocycles. The van der Waals surface area contributed by atoms with Gasteiger partial charge in [-0.3, -0.25) is 0 Å². The minimum atomic E-state index is -1.20. The Balaban J connectivity index is 0.000000358. The van der Waals surface area contributed by atoms with Gasteiger partial charge in [-0.05, 0) is 110 Å². The van der Waals surface area contributed by atoms with Gasteiger partial charge in [-0.15, -0.1) is 0 Å². The number of nitrogens with zero attached hydrogens (tertiary/aromatic N) is 1. The van der Waals surface area contributed by atoms with Crippen LogP contribution in [-0.4, -0.2) is 60.6 Å². The third-order valence-electron chi connectivity index (χ3n) is 12.5. The number of aliphatic carboxylic acids is 1. The second-order valence-electron chi connectivity index (χ2n) is 16.6. The zero-order chi connectivity index (χ0) is 30.8. The maximum absolute atomic E-state index is 10.2. The number of aliphatic hydroxyl groups is 2. The van der Waals surface area contributed by atoms with E-state index in [1.165, 1.54) is 57.8 Å². The molecule has 5 nitrogen and oxygen atoms in total. The van der Waals surface area contributed by atoms with Crippen LogP contribution >= 0.6 is 0 Å². The maximum atomic E-state index is 10.2. The van der Waals surface area contributed by atoms with Crippen LogP contribution in [0.5, 0.6) is 0 Å². The number of rotatable bonds is 10. The summed E-state index contributed by atoms with van der Waals surface area (Å²) in [4.78, 5) is 10.0. The number of hydrogen-bond acceptors (Lipinski definition) is 4. The van der Waals surface area contributed by atoms with Crippen molar-refractivity contribution >= 4 is 5.97 Å². The Morgan fingerprint density at radius 3 is 2.32 bits per heavy atom. The zero-order valence-corrected chi connectivity index (χ0v) is 28.1. The summed E-state index contributed by atoms with van der Waals surface area (Å²) in [5.74, 6) is 5.10. The molecule has 0 amide bonds. The molecule has 0 heterocycles. The Labute approximate surface area is 252 Å². The largest absolute Gasteiger partial charge is 0.550 e. The van der Waals surface area contributed by atoms with Crippen molar-refractivity contribution in [2.24, 2.45) is 52.3 Å². The summed E-state index contributed by atoms with van der Waals surface area (Å²) in [5.41, 5.74) is 2.59. The van der Waals surface area contributed by atoms with Crippen molar-refractivity contribution < 1.29 is 24.6 Å². The fourth-order valence-corrected chi connectivity index (χ4v) is 10.2. The fraction of sp³-hybridized carbons (Fsp3) is 0.917. The molecule has 0 radical (unpaired) electrons. The first-order valence-electron chi connectivity index (χ1n) is 17.1. The zero-order valence-electron chi connectivity index (χ0n) is 28.1. The lowest BCUT2D eigenvalue weighted by Gasteiger charge is -2.58. The van der Waals surface area contributed by atoms with E-state index in [1.807, 2.05) is 21.1 Å². The maximum Gasteiger partial charge on any atom is 0.108 e. The Kier molecular flexibility index (Phi) is 11.6. The SMILES string of the molecule is CC[C@H](CC[C@@H](C)[C@H]1CC[C@H]2[C@@H]3CC=C4C[C@@H](O)CC[C@]4(C)[C@H]3CC[C@]12C)C(C)C.C[N+](C)(C)C[C@H](O)CC(=O)[O-]. The van der Waals surface area contributed by atoms with Crippen LogP contribution in [0.4, 0.5) is 0 Å². The normalized spacial score (nSPS) is 37.1. The highest BCUT2D eigenvalue weighted by atomic mass is 16.4. The first-order valence-corrected chi connectivity index (χ1v) is 17.1. The van der Waals surface area contributed by atoms with Crippen molar-refractivity contribution in [2.75, 3.05) is 27.7 Å². The second-order valence-corrected chi connectivity index (χ2v) is 16.6. The molecular formula is C36H65NO4. The molecule has 0 aliphatic heterocycles. The Bertz CT molecular complexity index is 893. The van der Waals surface area contributed by atoms with E-state index in [-0.39, 0.29) is 12.5 Å². The number of likely N-dealkylation sites (N-methyl/N-ethyl adjacent to an activating group) is 1. The number of hydrogen-bond donors (Lipinski definition) is 2. The molecule has 238 valence electrons. The van der Waals surface area contributed by atoms with Gasteiger partial charge in [-0.1, -0.05) is 66.0 Å². The molecule has 4 aliphatic rings. The number of quaternary nitrogens is 1. The third kappa shape index (κ3) is 8.18. The van der Waals surface area contributed by atoms with Gasteiger partial charge in [0.1, 0.15) is 12.6 Å². The molecular weight excluding hydrogens is 510 g/mol. The molecule has 0 aromatic rings. The van der Waals surface area contributed by atoms with Crippen molar-refractivity contribution in [1.29, 1.82) is 0 Å². The van der Waals surface area contributed by atoms with Crippen LogP contribution in [0, 0.1) is 52.3 Å². The quantitative estimate of drug-likeness (QED) is 0.239. The van der Waals surface area contributed by atoms with Gasteiger partial charge in [0.15, 0.2) is 0 Å². The molecule has 0 unspecified atom stereocenters. The summed E-state index contributed by atoms with van der Waals surface area (Å²) in [6, 6.07) is 0. The van der Waals surface area contributed by atoms with E-state index in [1.54, 1.807) is 5.57 Å². The van der Waals surface area contributed by atoms with E-state index in [0.29, 0.717) is 21.9 Å². The Morgan fingerprint density at radius 2 is 1.73 bits per heavy atom. The van der Waals surface area contributed by atoms with Crippen LogP contribution < -0.4 is 5.11 Å². The van der Waals surface area contributed by atoms with Gasteiger partial charge in [0.25, 0.3) is 0 Å². The lowest BCUT2D eigenvalue weighted by Crippen LogP contribution is -2.50. The predicted molar refractivity (Wildman–Crippen MR) is 167 cm³/mol. The van der Waals surface area contributed by atoms with Gasteiger partial charge in [-0.25, -0.2) is 0 Å². The van der Waals surface area contributed by atoms with E-state index in [9.17, 15) is 15.0 Å². The lowest BCUT2D eigenvalue weighted by atomic mass is 9.47. The molecule has 0 aromatic carbocycles. The number of aliphatic hydroxyl groups excluding tert-OH is 2. The van der Waals surface area contributed by atoms with Crippen molar-refractivity contribution in [3.8, 4) is 0 Å². The molecule has 2 N–H and O–H groups in total. The lowest BCUT2D eigenvalue weighted by molar-refractivity contribution is -0.873. The van der Waals surface area contributed by atoms with Gasteiger partial charge in [0.05, 0.1) is 27.2 Å². The average Bonchev–Trinajstić information content (AvgIpc) is 3.20. The monoisotopic (exact) mass is 575 g/mol. The Morgan fingerprint density at radius 1 is 1.05 bits per heavy atom. The molecule has 5 heteroatoms. The van der Waals surface area contributed by atoms with E-state index < -0.39 is 12.1 Å². The second kappa shape index (κ2) is 13.8. The average molecular weight is 576 g/mol. The van der Waals surface area contributed by atoms with Crippen LogP contribution in [-0.2, 0) is 4.79 Å². The molecule has 3 fully saturated rings. The Hall–Kier alpha value is -0.910. The molecule has 4 aliphatic carbocycles. The minimum absolute atomic E-state index is 0.0794. The van der Waals surface area contributed by atoms with Gasteiger partial charge in [-0.2, -0.15) is 0 Å². The van der Waals surface area contributed by atoms with Crippen molar-refractivity contribution in [2.45, 2.75) is 131 Å². The molecule has 0 aromatic heterocycles. The summed E-state index contributed by atoms with van der Waals surface area (Å²) in [5, 5.41) is 29.4. The highest BCUT2D eigenvalue weighted by Crippen LogP contribution is 2.67. The summed E-state index contributed by atoms with van der Waals surface area (Å²) in [7, 11) is 5.66. The number of carboxylic acid groups (broad SMARTS) is 1. The van der Waals surface area contributed by atoms with Gasteiger partial charge < -0.3 is 24.6 Å². The summed E-state index contributed by atoms with van der Waals surface area (Å²) < 4.78 is 0.550. The minimum Gasteiger partial charge on any atom is -0.550 e. The first-order chi connectivity index (χ1) is 19.0. The van der Waals surface area contributed by atoms with E-state index >= 15 is 0 Å². The van der Waals surface area contributed by atoms with Crippen molar-refractivity contribution in [1.82, 2.24) is 0 Å². The van der Waals surface area contributed by atoms with Crippen LogP contribution in [0.15, 0.2) is 11.6 Å². The molecule has 4 rings (SSSR count). The summed E-state index contributed by atoms with van der Waals surface area (Å²) in [6.45, 7) is 15.5. The number of allylic oxidation sites excluding steroid dienone is 1. The molecule has 3 saturated carbocycles. The molecule has 0 bridgehead atoms. The van der Waals surface area contributed by atoms with Crippen LogP contribution in [0.3, 0.4) is 0 Å². The molecule has 10 atom stereocenters. The van der Waals surface area contributed by atoms with Crippen molar-refractivity contribution in [3.05, 3.63) is 11.6 Å². The summed E-state index contributed by atoms with van der Waals surface area (Å²) in [6.07, 6.45) is 16.0. The smallest absolute Gasteiger partial charge is 0.108 e. The first kappa shape index (κ1) is 34.6. The van der Waals surface area contributed by atoms with E-state index in [4.69, 9.17) is 5.11 Å². The topological polar surface area (TPSA) is 80.6 Å². The summed E-state index contributed by atoms with van der Waals surface area (Å²) >= 11 is 0. The van der Waals surface area contributed by atoms with Crippen LogP contribution in [0.2, 0.25) is 0 Å². The van der Waals surface area contributed by atoms with Crippen LogP contribution in [0.25, 0.3) is 0 Å². The molecule has 41 heavy (non-hydrogen) atoms. The highest BCUT2D eigenvalue weighted by Gasteiger charge is 2.59. The van der Waals surface area contributed by atoms with Gasteiger partial charge in [0.2, 0.25) is 0 Å². The van der Waals surface area contributed by atoms with E-state index in [0.717, 1.165) is 54.3 Å². The number of carbonyl (C=O) groups excluding carboxylic acids is 1. The number of fused-ring (bicyclic) bond motifs is 5. The molecule has 0 spiro atoms. The number of carboxylic acids is 1. The fourth-order valence-electron chi connectivity index (χ4n) is 10.2. The van der Waals surface area contributed by atoms with Crippen LogP contribution in [0.1, 0.15) is 119 Å². The van der Waals surface area contributed by atoms with Gasteiger partial charge >= 0.3 is 0 Å². The number of carbonyl (C=O) groups is 1.